The predicted molar refractivity (Wildman–Crippen MR) is 112 cm³/mol. The summed E-state index contributed by atoms with van der Waals surface area (Å²) in [6.45, 7) is 3.47. The highest BCUT2D eigenvalue weighted by Gasteiger charge is 2.49. The van der Waals surface area contributed by atoms with Gasteiger partial charge in [-0.2, -0.15) is 18.4 Å². The molecule has 0 aromatic heterocycles. The number of amides is 2. The lowest BCUT2D eigenvalue weighted by Crippen LogP contribution is -2.44. The number of carbonyl (C=O) groups excluding carboxylic acids is 2. The van der Waals surface area contributed by atoms with Crippen LogP contribution in [0, 0.1) is 16.7 Å². The summed E-state index contributed by atoms with van der Waals surface area (Å²) in [5.41, 5.74) is -1.34. The maximum Gasteiger partial charge on any atom is 0.417 e. The second-order valence-corrected chi connectivity index (χ2v) is 9.20. The molecular formula is C23H27F3N4O2. The van der Waals surface area contributed by atoms with Gasteiger partial charge in [-0.05, 0) is 55.7 Å². The molecule has 1 N–H and O–H groups in total. The molecule has 1 aromatic carbocycles. The Morgan fingerprint density at radius 1 is 1.25 bits per heavy atom. The van der Waals surface area contributed by atoms with E-state index in [-0.39, 0.29) is 23.3 Å². The number of hydrogen-bond acceptors (Lipinski definition) is 4. The predicted octanol–water partition coefficient (Wildman–Crippen LogP) is 3.45. The van der Waals surface area contributed by atoms with Gasteiger partial charge >= 0.3 is 6.18 Å². The fourth-order valence-electron chi connectivity index (χ4n) is 4.95. The van der Waals surface area contributed by atoms with Crippen molar-refractivity contribution in [3.8, 4) is 6.07 Å². The van der Waals surface area contributed by atoms with Crippen LogP contribution in [-0.4, -0.2) is 48.4 Å². The monoisotopic (exact) mass is 448 g/mol. The molecule has 1 saturated carbocycles. The average molecular weight is 448 g/mol. The van der Waals surface area contributed by atoms with E-state index in [1.165, 1.54) is 12.1 Å². The quantitative estimate of drug-likeness (QED) is 0.766. The van der Waals surface area contributed by atoms with Crippen LogP contribution in [-0.2, 0) is 15.8 Å². The normalized spacial score (nSPS) is 22.7. The van der Waals surface area contributed by atoms with Crippen LogP contribution in [0.15, 0.2) is 18.2 Å². The maximum atomic E-state index is 13.6. The van der Waals surface area contributed by atoms with E-state index in [1.54, 1.807) is 11.0 Å². The van der Waals surface area contributed by atoms with Gasteiger partial charge in [0.2, 0.25) is 11.8 Å². The first-order chi connectivity index (χ1) is 15.2. The van der Waals surface area contributed by atoms with Crippen molar-refractivity contribution in [1.82, 2.24) is 10.2 Å². The third kappa shape index (κ3) is 4.41. The van der Waals surface area contributed by atoms with Crippen molar-refractivity contribution in [2.45, 2.75) is 63.7 Å². The zero-order valence-corrected chi connectivity index (χ0v) is 18.0. The molecule has 9 heteroatoms. The number of halogens is 3. The van der Waals surface area contributed by atoms with Gasteiger partial charge in [-0.25, -0.2) is 0 Å². The van der Waals surface area contributed by atoms with Gasteiger partial charge in [0.25, 0.3) is 0 Å². The van der Waals surface area contributed by atoms with Crippen LogP contribution >= 0.6 is 0 Å². The molecular weight excluding hydrogens is 421 g/mol. The van der Waals surface area contributed by atoms with E-state index in [4.69, 9.17) is 5.26 Å². The van der Waals surface area contributed by atoms with Crippen LogP contribution in [0.1, 0.15) is 56.6 Å². The summed E-state index contributed by atoms with van der Waals surface area (Å²) in [5.74, 6) is -0.0611. The Morgan fingerprint density at radius 3 is 2.50 bits per heavy atom. The number of anilines is 1. The fourth-order valence-corrected chi connectivity index (χ4v) is 4.95. The number of nitrogens with zero attached hydrogens (tertiary/aromatic N) is 3. The van der Waals surface area contributed by atoms with E-state index < -0.39 is 23.3 Å². The van der Waals surface area contributed by atoms with Gasteiger partial charge in [0, 0.05) is 37.8 Å². The molecule has 172 valence electrons. The molecule has 1 aliphatic carbocycles. The Labute approximate surface area is 185 Å². The summed E-state index contributed by atoms with van der Waals surface area (Å²) in [7, 11) is 0. The Morgan fingerprint density at radius 2 is 1.94 bits per heavy atom. The molecule has 0 radical (unpaired) electrons. The smallest absolute Gasteiger partial charge is 0.359 e. The molecule has 32 heavy (non-hydrogen) atoms. The third-order valence-electron chi connectivity index (χ3n) is 6.97. The van der Waals surface area contributed by atoms with E-state index in [9.17, 15) is 22.8 Å². The summed E-state index contributed by atoms with van der Waals surface area (Å²) in [4.78, 5) is 28.7. The fraction of sp³-hybridized carbons (Fsp3) is 0.609. The molecule has 1 spiro atoms. The van der Waals surface area contributed by atoms with Gasteiger partial charge < -0.3 is 15.1 Å². The maximum absolute atomic E-state index is 13.6. The Kier molecular flexibility index (Phi) is 5.82. The first-order valence-corrected chi connectivity index (χ1v) is 11.1. The largest absolute Gasteiger partial charge is 0.417 e. The molecule has 2 heterocycles. The lowest BCUT2D eigenvalue weighted by atomic mass is 9.76. The minimum absolute atomic E-state index is 0.0969. The highest BCUT2D eigenvalue weighted by molar-refractivity contribution is 5.87. The Hall–Kier alpha value is -2.76. The second-order valence-electron chi connectivity index (χ2n) is 9.20. The van der Waals surface area contributed by atoms with Crippen molar-refractivity contribution >= 4 is 17.5 Å². The van der Waals surface area contributed by atoms with Gasteiger partial charge in [0.15, 0.2) is 0 Å². The van der Waals surface area contributed by atoms with Gasteiger partial charge in [-0.15, -0.1) is 0 Å². The van der Waals surface area contributed by atoms with Gasteiger partial charge in [0.05, 0.1) is 17.2 Å². The van der Waals surface area contributed by atoms with Gasteiger partial charge in [-0.1, -0.05) is 6.92 Å². The van der Waals surface area contributed by atoms with Crippen molar-refractivity contribution < 1.29 is 22.8 Å². The van der Waals surface area contributed by atoms with E-state index in [0.717, 1.165) is 18.9 Å². The van der Waals surface area contributed by atoms with Crippen LogP contribution in [0.2, 0.25) is 0 Å². The van der Waals surface area contributed by atoms with Gasteiger partial charge in [0.1, 0.15) is 6.04 Å². The molecule has 4 rings (SSSR count). The number of nitrogens with one attached hydrogen (secondary N) is 1. The lowest BCUT2D eigenvalue weighted by molar-refractivity contribution is -0.137. The number of hydrogen-bond donors (Lipinski definition) is 1. The standard InChI is InChI=1S/C23H27F3N4O2/c1-2-20(31)29-9-7-22(8-10-29)12-19(21(32)28-16-4-5-16)30(14-22)17-6-3-15(13-27)18(11-17)23(24,25)26/h3,6,11,16,19H,2,4-5,7-10,12,14H2,1H3,(H,28,32). The van der Waals surface area contributed by atoms with E-state index in [0.29, 0.717) is 51.0 Å². The zero-order valence-electron chi connectivity index (χ0n) is 18.0. The highest BCUT2D eigenvalue weighted by Crippen LogP contribution is 2.46. The molecule has 3 aliphatic rings. The number of likely N-dealkylation sites (tertiary alicyclic amines) is 1. The Balaban J connectivity index is 1.62. The van der Waals surface area contributed by atoms with Crippen molar-refractivity contribution in [1.29, 1.82) is 5.26 Å². The minimum Gasteiger partial charge on any atom is -0.359 e. The first-order valence-electron chi connectivity index (χ1n) is 11.1. The third-order valence-corrected chi connectivity index (χ3v) is 6.97. The summed E-state index contributed by atoms with van der Waals surface area (Å²) >= 11 is 0. The number of alkyl halides is 3. The highest BCUT2D eigenvalue weighted by atomic mass is 19.4. The average Bonchev–Trinajstić information content (AvgIpc) is 3.51. The Bertz CT molecular complexity index is 944. The zero-order chi connectivity index (χ0) is 23.1. The molecule has 1 unspecified atom stereocenters. The first kappa shape index (κ1) is 22.4. The number of nitriles is 1. The van der Waals surface area contributed by atoms with Crippen LogP contribution in [0.3, 0.4) is 0 Å². The van der Waals surface area contributed by atoms with Crippen LogP contribution < -0.4 is 10.2 Å². The summed E-state index contributed by atoms with van der Waals surface area (Å²) in [6.07, 6.45) is -0.399. The van der Waals surface area contributed by atoms with Crippen LogP contribution in [0.4, 0.5) is 18.9 Å². The van der Waals surface area contributed by atoms with E-state index in [1.807, 2.05) is 11.8 Å². The topological polar surface area (TPSA) is 76.4 Å². The number of piperidine rings is 1. The van der Waals surface area contributed by atoms with Crippen molar-refractivity contribution in [3.63, 3.8) is 0 Å². The number of rotatable bonds is 4. The van der Waals surface area contributed by atoms with Crippen LogP contribution in [0.25, 0.3) is 0 Å². The molecule has 2 aliphatic heterocycles. The van der Waals surface area contributed by atoms with Crippen molar-refractivity contribution in [2.75, 3.05) is 24.5 Å². The van der Waals surface area contributed by atoms with Crippen LogP contribution in [0.5, 0.6) is 0 Å². The summed E-state index contributed by atoms with van der Waals surface area (Å²) < 4.78 is 40.7. The van der Waals surface area contributed by atoms with Crippen molar-refractivity contribution in [2.24, 2.45) is 5.41 Å². The molecule has 1 atom stereocenters. The second kappa shape index (κ2) is 8.30. The van der Waals surface area contributed by atoms with Gasteiger partial charge in [-0.3, -0.25) is 9.59 Å². The van der Waals surface area contributed by atoms with Crippen molar-refractivity contribution in [3.05, 3.63) is 29.3 Å². The van der Waals surface area contributed by atoms with E-state index >= 15 is 0 Å². The molecule has 6 nitrogen and oxygen atoms in total. The molecule has 0 bridgehead atoms. The van der Waals surface area contributed by atoms with E-state index in [2.05, 4.69) is 5.32 Å². The molecule has 2 saturated heterocycles. The summed E-state index contributed by atoms with van der Waals surface area (Å²) in [6, 6.07) is 4.86. The number of carbonyl (C=O) groups is 2. The minimum atomic E-state index is -4.66. The molecule has 2 amide bonds. The number of benzene rings is 1. The SMILES string of the molecule is CCC(=O)N1CCC2(CC1)CC(C(=O)NC1CC1)N(c1ccc(C#N)c(C(F)(F)F)c1)C2. The molecule has 3 fully saturated rings. The summed E-state index contributed by atoms with van der Waals surface area (Å²) in [5, 5.41) is 12.1. The lowest BCUT2D eigenvalue weighted by Gasteiger charge is -2.39. The molecule has 1 aromatic rings.